The molecule has 0 aliphatic carbocycles. The molecule has 1 atom stereocenters. The Bertz CT molecular complexity index is 490. The third-order valence-electron chi connectivity index (χ3n) is 3.47. The molecule has 1 aromatic carbocycles. The molecule has 0 aliphatic heterocycles. The highest BCUT2D eigenvalue weighted by molar-refractivity contribution is 7.80. The lowest BCUT2D eigenvalue weighted by Gasteiger charge is -2.20. The van der Waals surface area contributed by atoms with Crippen LogP contribution < -0.4 is 11.1 Å². The lowest BCUT2D eigenvalue weighted by atomic mass is 10.1. The molecule has 21 heavy (non-hydrogen) atoms. The second kappa shape index (κ2) is 8.74. The summed E-state index contributed by atoms with van der Waals surface area (Å²) in [4.78, 5) is 14.5. The maximum Gasteiger partial charge on any atom is 0.225 e. The fraction of sp³-hybridized carbons (Fsp3) is 0.500. The van der Waals surface area contributed by atoms with Crippen LogP contribution in [0, 0.1) is 5.92 Å². The Morgan fingerprint density at radius 1 is 1.48 bits per heavy atom. The highest BCUT2D eigenvalue weighted by Crippen LogP contribution is 2.11. The van der Waals surface area contributed by atoms with Gasteiger partial charge in [-0.3, -0.25) is 4.79 Å². The highest BCUT2D eigenvalue weighted by Gasteiger charge is 2.08. The number of carbonyl (C=O) groups excluding carboxylic acids is 1. The number of nitrogens with zero attached hydrogens (tertiary/aromatic N) is 1. The molecule has 116 valence electrons. The SMILES string of the molecule is CCC(C)CN(C)CCC(=O)Nc1cccc(C(N)=S)c1. The second-order valence-corrected chi connectivity index (χ2v) is 5.96. The predicted molar refractivity (Wildman–Crippen MR) is 92.5 cm³/mol. The summed E-state index contributed by atoms with van der Waals surface area (Å²) in [6, 6.07) is 7.29. The van der Waals surface area contributed by atoms with Crippen LogP contribution in [0.2, 0.25) is 0 Å². The van der Waals surface area contributed by atoms with Crippen LogP contribution in [0.3, 0.4) is 0 Å². The average Bonchev–Trinajstić information content (AvgIpc) is 2.45. The maximum absolute atomic E-state index is 12.0. The van der Waals surface area contributed by atoms with Crippen LogP contribution in [0.4, 0.5) is 5.69 Å². The molecule has 0 radical (unpaired) electrons. The molecule has 0 spiro atoms. The van der Waals surface area contributed by atoms with Gasteiger partial charge in [0.2, 0.25) is 5.91 Å². The van der Waals surface area contributed by atoms with Crippen LogP contribution in [-0.2, 0) is 4.79 Å². The van der Waals surface area contributed by atoms with E-state index in [2.05, 4.69) is 24.1 Å². The van der Waals surface area contributed by atoms with Crippen molar-refractivity contribution in [3.63, 3.8) is 0 Å². The monoisotopic (exact) mass is 307 g/mol. The number of hydrogen-bond donors (Lipinski definition) is 2. The molecular weight excluding hydrogens is 282 g/mol. The van der Waals surface area contributed by atoms with Crippen molar-refractivity contribution in [1.29, 1.82) is 0 Å². The molecule has 4 nitrogen and oxygen atoms in total. The van der Waals surface area contributed by atoms with Gasteiger partial charge in [-0.2, -0.15) is 0 Å². The molecule has 1 aromatic rings. The van der Waals surface area contributed by atoms with E-state index < -0.39 is 0 Å². The Hall–Kier alpha value is -1.46. The van der Waals surface area contributed by atoms with Gasteiger partial charge in [-0.1, -0.05) is 44.6 Å². The Balaban J connectivity index is 2.43. The summed E-state index contributed by atoms with van der Waals surface area (Å²) < 4.78 is 0. The van der Waals surface area contributed by atoms with E-state index in [1.807, 2.05) is 25.2 Å². The number of thiocarbonyl (C=S) groups is 1. The van der Waals surface area contributed by atoms with Crippen LogP contribution in [0.25, 0.3) is 0 Å². The van der Waals surface area contributed by atoms with E-state index in [0.29, 0.717) is 17.3 Å². The van der Waals surface area contributed by atoms with Crippen molar-refractivity contribution in [3.05, 3.63) is 29.8 Å². The molecule has 0 aromatic heterocycles. The van der Waals surface area contributed by atoms with Crippen LogP contribution in [0.1, 0.15) is 32.3 Å². The smallest absolute Gasteiger partial charge is 0.225 e. The first-order chi connectivity index (χ1) is 9.92. The van der Waals surface area contributed by atoms with Gasteiger partial charge >= 0.3 is 0 Å². The van der Waals surface area contributed by atoms with Gasteiger partial charge in [0.15, 0.2) is 0 Å². The Kier molecular flexibility index (Phi) is 7.32. The van der Waals surface area contributed by atoms with Crippen molar-refractivity contribution in [2.45, 2.75) is 26.7 Å². The average molecular weight is 307 g/mol. The lowest BCUT2D eigenvalue weighted by molar-refractivity contribution is -0.116. The zero-order valence-corrected chi connectivity index (χ0v) is 13.9. The van der Waals surface area contributed by atoms with Crippen LogP contribution in [0.15, 0.2) is 24.3 Å². The minimum Gasteiger partial charge on any atom is -0.389 e. The van der Waals surface area contributed by atoms with Crippen molar-refractivity contribution < 1.29 is 4.79 Å². The summed E-state index contributed by atoms with van der Waals surface area (Å²) in [5.41, 5.74) is 7.08. The summed E-state index contributed by atoms with van der Waals surface area (Å²) in [6.45, 7) is 6.17. The minimum atomic E-state index is 0.00564. The standard InChI is InChI=1S/C16H25N3OS/c1-4-12(2)11-19(3)9-8-15(20)18-14-7-5-6-13(10-14)16(17)21/h5-7,10,12H,4,8-9,11H2,1-3H3,(H2,17,21)(H,18,20). The number of carbonyl (C=O) groups is 1. The molecule has 1 amide bonds. The molecule has 0 bridgehead atoms. The number of anilines is 1. The van der Waals surface area contributed by atoms with Gasteiger partial charge in [-0.15, -0.1) is 0 Å². The van der Waals surface area contributed by atoms with Gasteiger partial charge in [-0.25, -0.2) is 0 Å². The number of nitrogens with one attached hydrogen (secondary N) is 1. The van der Waals surface area contributed by atoms with E-state index in [9.17, 15) is 4.79 Å². The maximum atomic E-state index is 12.0. The normalized spacial score (nSPS) is 12.2. The zero-order valence-electron chi connectivity index (χ0n) is 13.1. The van der Waals surface area contributed by atoms with Crippen LogP contribution in [-0.4, -0.2) is 35.9 Å². The summed E-state index contributed by atoms with van der Waals surface area (Å²) in [6.07, 6.45) is 1.63. The number of hydrogen-bond acceptors (Lipinski definition) is 3. The van der Waals surface area contributed by atoms with Crippen molar-refractivity contribution in [2.24, 2.45) is 11.7 Å². The molecule has 1 rings (SSSR count). The van der Waals surface area contributed by atoms with Gasteiger partial charge in [0.25, 0.3) is 0 Å². The predicted octanol–water partition coefficient (Wildman–Crippen LogP) is 2.63. The molecule has 0 heterocycles. The van der Waals surface area contributed by atoms with Crippen LogP contribution >= 0.6 is 12.2 Å². The summed E-state index contributed by atoms with van der Waals surface area (Å²) >= 11 is 4.93. The van der Waals surface area contributed by atoms with Crippen molar-refractivity contribution >= 4 is 28.8 Å². The fourth-order valence-electron chi connectivity index (χ4n) is 2.02. The number of amides is 1. The molecular formula is C16H25N3OS. The molecule has 5 heteroatoms. The van der Waals surface area contributed by atoms with Gasteiger partial charge in [0.05, 0.1) is 0 Å². The largest absolute Gasteiger partial charge is 0.389 e. The summed E-state index contributed by atoms with van der Waals surface area (Å²) in [5.74, 6) is 0.659. The first-order valence-electron chi connectivity index (χ1n) is 7.30. The van der Waals surface area contributed by atoms with E-state index in [0.717, 1.165) is 30.8 Å². The van der Waals surface area contributed by atoms with Gasteiger partial charge < -0.3 is 16.0 Å². The van der Waals surface area contributed by atoms with E-state index in [1.165, 1.54) is 0 Å². The van der Waals surface area contributed by atoms with Gasteiger partial charge in [-0.05, 0) is 25.1 Å². The first-order valence-corrected chi connectivity index (χ1v) is 7.71. The molecule has 0 fully saturated rings. The van der Waals surface area contributed by atoms with E-state index >= 15 is 0 Å². The molecule has 0 aliphatic rings. The number of nitrogens with two attached hydrogens (primary N) is 1. The summed E-state index contributed by atoms with van der Waals surface area (Å²) in [5, 5.41) is 2.88. The van der Waals surface area contributed by atoms with Gasteiger partial charge in [0, 0.05) is 30.8 Å². The van der Waals surface area contributed by atoms with E-state index in [4.69, 9.17) is 18.0 Å². The number of rotatable bonds is 8. The Morgan fingerprint density at radius 3 is 2.81 bits per heavy atom. The topological polar surface area (TPSA) is 58.4 Å². The van der Waals surface area contributed by atoms with E-state index in [-0.39, 0.29) is 5.91 Å². The minimum absolute atomic E-state index is 0.00564. The van der Waals surface area contributed by atoms with Crippen molar-refractivity contribution in [3.8, 4) is 0 Å². The highest BCUT2D eigenvalue weighted by atomic mass is 32.1. The zero-order chi connectivity index (χ0) is 15.8. The second-order valence-electron chi connectivity index (χ2n) is 5.52. The molecule has 1 unspecified atom stereocenters. The third-order valence-corrected chi connectivity index (χ3v) is 3.71. The van der Waals surface area contributed by atoms with Crippen LogP contribution in [0.5, 0.6) is 0 Å². The first kappa shape index (κ1) is 17.6. The Morgan fingerprint density at radius 2 is 2.19 bits per heavy atom. The van der Waals surface area contributed by atoms with E-state index in [1.54, 1.807) is 6.07 Å². The summed E-state index contributed by atoms with van der Waals surface area (Å²) in [7, 11) is 2.05. The third kappa shape index (κ3) is 6.69. The van der Waals surface area contributed by atoms with Gasteiger partial charge in [0.1, 0.15) is 4.99 Å². The molecule has 0 saturated carbocycles. The Labute approximate surface area is 132 Å². The van der Waals surface area contributed by atoms with Crippen molar-refractivity contribution in [2.75, 3.05) is 25.5 Å². The lowest BCUT2D eigenvalue weighted by Crippen LogP contribution is -2.28. The molecule has 3 N–H and O–H groups in total. The number of benzene rings is 1. The molecule has 0 saturated heterocycles. The fourth-order valence-corrected chi connectivity index (χ4v) is 2.15. The van der Waals surface area contributed by atoms with Crippen molar-refractivity contribution in [1.82, 2.24) is 4.90 Å². The quantitative estimate of drug-likeness (QED) is 0.725.